The van der Waals surface area contributed by atoms with Crippen LogP contribution in [0.2, 0.25) is 0 Å². The molecule has 0 spiro atoms. The maximum Gasteiger partial charge on any atom is 0.492 e. The van der Waals surface area contributed by atoms with E-state index in [9.17, 15) is 10.1 Å². The maximum absolute atomic E-state index is 13.0. The minimum atomic E-state index is -0.725. The summed E-state index contributed by atoms with van der Waals surface area (Å²) in [6, 6.07) is 23.9. The quantitative estimate of drug-likeness (QED) is 0.366. The third-order valence-electron chi connectivity index (χ3n) is 8.06. The van der Waals surface area contributed by atoms with Crippen LogP contribution in [0.4, 0.5) is 4.79 Å². The fraction of sp³-hybridized carbons (Fsp3) is 0.312. The Hall–Kier alpha value is -4.06. The molecule has 40 heavy (non-hydrogen) atoms. The Bertz CT molecular complexity index is 1450. The number of hydrogen-bond acceptors (Lipinski definition) is 6. The van der Waals surface area contributed by atoms with Gasteiger partial charge in [-0.25, -0.2) is 4.79 Å². The van der Waals surface area contributed by atoms with Gasteiger partial charge < -0.3 is 24.1 Å². The van der Waals surface area contributed by atoms with Crippen molar-refractivity contribution < 1.29 is 23.6 Å². The van der Waals surface area contributed by atoms with Crippen molar-refractivity contribution in [3.8, 4) is 22.9 Å². The topological polar surface area (TPSA) is 89.8 Å². The number of benzene rings is 3. The molecule has 0 saturated carbocycles. The first kappa shape index (κ1) is 27.5. The van der Waals surface area contributed by atoms with Crippen molar-refractivity contribution >= 4 is 19.3 Å². The molecule has 1 amide bonds. The minimum Gasteiger partial charge on any atom is -0.497 e. The van der Waals surface area contributed by atoms with E-state index in [0.717, 1.165) is 11.1 Å². The van der Waals surface area contributed by atoms with Crippen LogP contribution in [0.5, 0.6) is 5.75 Å². The average molecular weight is 536 g/mol. The number of nitrogens with one attached hydrogen (secondary N) is 1. The van der Waals surface area contributed by atoms with Crippen molar-refractivity contribution in [2.45, 2.75) is 44.8 Å². The standard InChI is InChI=1S/C32H33BN2O5/c1-31(2)32(3,4)40-33(39-31)23(16-22-17-24(37-5)15-14-21(22)18-34)19-35-30(36)38-20-29-27-12-8-6-10-25(27)26-11-7-9-13-28(26)29/h6-17,29H,19-20H2,1-5H3,(H,35,36). The second-order valence-corrected chi connectivity index (χ2v) is 11.1. The number of amides is 1. The molecule has 0 aromatic heterocycles. The van der Waals surface area contributed by atoms with Gasteiger partial charge in [-0.15, -0.1) is 0 Å². The summed E-state index contributed by atoms with van der Waals surface area (Å²) in [5, 5.41) is 12.6. The molecule has 1 aliphatic carbocycles. The van der Waals surface area contributed by atoms with Gasteiger partial charge in [0.05, 0.1) is 29.9 Å². The SMILES string of the molecule is COc1ccc(C#N)c(C=C(CNC(=O)OCC2c3ccccc3-c3ccccc32)B2OC(C)(C)C(C)(C)O2)c1. The minimum absolute atomic E-state index is 0.0359. The van der Waals surface area contributed by atoms with Gasteiger partial charge in [-0.2, -0.15) is 5.26 Å². The average Bonchev–Trinajstić information content (AvgIpc) is 3.38. The summed E-state index contributed by atoms with van der Waals surface area (Å²) in [4.78, 5) is 13.0. The van der Waals surface area contributed by atoms with Crippen LogP contribution in [-0.4, -0.2) is 44.7 Å². The summed E-state index contributed by atoms with van der Waals surface area (Å²) in [5.74, 6) is 0.578. The van der Waals surface area contributed by atoms with E-state index in [4.69, 9.17) is 18.8 Å². The normalized spacial score (nSPS) is 17.1. The van der Waals surface area contributed by atoms with Crippen molar-refractivity contribution in [1.82, 2.24) is 5.32 Å². The van der Waals surface area contributed by atoms with Gasteiger partial charge in [0.25, 0.3) is 0 Å². The predicted molar refractivity (Wildman–Crippen MR) is 155 cm³/mol. The van der Waals surface area contributed by atoms with Gasteiger partial charge in [-0.1, -0.05) is 54.6 Å². The van der Waals surface area contributed by atoms with E-state index in [1.807, 2.05) is 58.0 Å². The summed E-state index contributed by atoms with van der Waals surface area (Å²) >= 11 is 0. The molecule has 0 bridgehead atoms. The van der Waals surface area contributed by atoms with E-state index in [-0.39, 0.29) is 19.1 Å². The number of nitriles is 1. The van der Waals surface area contributed by atoms with Gasteiger partial charge in [0.1, 0.15) is 12.4 Å². The molecule has 1 fully saturated rings. The Morgan fingerprint density at radius 3 is 2.17 bits per heavy atom. The van der Waals surface area contributed by atoms with Crippen LogP contribution in [0.25, 0.3) is 17.2 Å². The number of methoxy groups -OCH3 is 1. The van der Waals surface area contributed by atoms with Crippen molar-refractivity contribution in [3.63, 3.8) is 0 Å². The van der Waals surface area contributed by atoms with Crippen molar-refractivity contribution in [2.75, 3.05) is 20.3 Å². The van der Waals surface area contributed by atoms with E-state index < -0.39 is 24.4 Å². The van der Waals surface area contributed by atoms with Crippen LogP contribution >= 0.6 is 0 Å². The molecule has 1 saturated heterocycles. The first-order valence-corrected chi connectivity index (χ1v) is 13.4. The lowest BCUT2D eigenvalue weighted by Gasteiger charge is -2.32. The number of carbonyl (C=O) groups excluding carboxylic acids is 1. The number of fused-ring (bicyclic) bond motifs is 3. The van der Waals surface area contributed by atoms with E-state index >= 15 is 0 Å². The lowest BCUT2D eigenvalue weighted by Crippen LogP contribution is -2.41. The Labute approximate surface area is 235 Å². The van der Waals surface area contributed by atoms with Crippen LogP contribution in [0.1, 0.15) is 55.9 Å². The van der Waals surface area contributed by atoms with Crippen molar-refractivity contribution in [1.29, 1.82) is 5.26 Å². The molecule has 7 nitrogen and oxygen atoms in total. The highest BCUT2D eigenvalue weighted by atomic mass is 16.7. The second-order valence-electron chi connectivity index (χ2n) is 11.1. The molecule has 1 N–H and O–H groups in total. The highest BCUT2D eigenvalue weighted by Crippen LogP contribution is 2.44. The molecule has 0 unspecified atom stereocenters. The van der Waals surface area contributed by atoms with Gasteiger partial charge >= 0.3 is 13.2 Å². The fourth-order valence-electron chi connectivity index (χ4n) is 5.11. The first-order valence-electron chi connectivity index (χ1n) is 13.4. The molecule has 5 rings (SSSR count). The first-order chi connectivity index (χ1) is 19.1. The Kier molecular flexibility index (Phi) is 7.46. The molecule has 204 valence electrons. The van der Waals surface area contributed by atoms with Gasteiger partial charge in [0.2, 0.25) is 0 Å². The number of alkyl carbamates (subject to hydrolysis) is 1. The van der Waals surface area contributed by atoms with Crippen LogP contribution in [0, 0.1) is 11.3 Å². The molecule has 2 aliphatic rings. The van der Waals surface area contributed by atoms with Gasteiger partial charge in [-0.05, 0) is 79.2 Å². The molecule has 3 aromatic rings. The summed E-state index contributed by atoms with van der Waals surface area (Å²) in [5.41, 5.74) is 5.25. The van der Waals surface area contributed by atoms with E-state index in [1.54, 1.807) is 25.3 Å². The highest BCUT2D eigenvalue weighted by Gasteiger charge is 2.52. The Morgan fingerprint density at radius 2 is 1.60 bits per heavy atom. The summed E-state index contributed by atoms with van der Waals surface area (Å²) in [6.07, 6.45) is 1.27. The number of ether oxygens (including phenoxy) is 2. The van der Waals surface area contributed by atoms with E-state index in [0.29, 0.717) is 22.3 Å². The number of carbonyl (C=O) groups is 1. The molecular formula is C32H33BN2O5. The lowest BCUT2D eigenvalue weighted by atomic mass is 9.76. The zero-order chi connectivity index (χ0) is 28.5. The smallest absolute Gasteiger partial charge is 0.492 e. The third-order valence-corrected chi connectivity index (χ3v) is 8.06. The fourth-order valence-corrected chi connectivity index (χ4v) is 5.11. The van der Waals surface area contributed by atoms with Gasteiger partial charge in [0.15, 0.2) is 0 Å². The Morgan fingerprint density at radius 1 is 1.00 bits per heavy atom. The van der Waals surface area contributed by atoms with Crippen LogP contribution < -0.4 is 10.1 Å². The molecule has 8 heteroatoms. The number of nitrogens with zero attached hydrogens (tertiary/aromatic N) is 1. The maximum atomic E-state index is 13.0. The van der Waals surface area contributed by atoms with Gasteiger partial charge in [-0.3, -0.25) is 0 Å². The monoisotopic (exact) mass is 536 g/mol. The molecule has 0 radical (unpaired) electrons. The summed E-state index contributed by atoms with van der Waals surface area (Å²) in [6.45, 7) is 8.19. The van der Waals surface area contributed by atoms with E-state index in [2.05, 4.69) is 35.7 Å². The zero-order valence-electron chi connectivity index (χ0n) is 23.5. The van der Waals surface area contributed by atoms with Crippen molar-refractivity contribution in [3.05, 3.63) is 94.5 Å². The largest absolute Gasteiger partial charge is 0.497 e. The lowest BCUT2D eigenvalue weighted by molar-refractivity contribution is 0.00578. The third kappa shape index (κ3) is 5.23. The number of rotatable bonds is 7. The molecule has 1 heterocycles. The van der Waals surface area contributed by atoms with Crippen LogP contribution in [-0.2, 0) is 14.0 Å². The highest BCUT2D eigenvalue weighted by molar-refractivity contribution is 6.56. The summed E-state index contributed by atoms with van der Waals surface area (Å²) < 4.78 is 23.7. The molecule has 1 aliphatic heterocycles. The van der Waals surface area contributed by atoms with Gasteiger partial charge in [0, 0.05) is 12.5 Å². The number of hydrogen-bond donors (Lipinski definition) is 1. The molecule has 0 atom stereocenters. The molecular weight excluding hydrogens is 503 g/mol. The second kappa shape index (κ2) is 10.8. The van der Waals surface area contributed by atoms with Crippen molar-refractivity contribution in [2.24, 2.45) is 0 Å². The predicted octanol–water partition coefficient (Wildman–Crippen LogP) is 6.12. The van der Waals surface area contributed by atoms with E-state index in [1.165, 1.54) is 11.1 Å². The van der Waals surface area contributed by atoms with Crippen LogP contribution in [0.15, 0.2) is 72.2 Å². The molecule has 3 aromatic carbocycles. The zero-order valence-corrected chi connectivity index (χ0v) is 23.5. The Balaban J connectivity index is 1.34. The van der Waals surface area contributed by atoms with Crippen LogP contribution in [0.3, 0.4) is 0 Å². The summed E-state index contributed by atoms with van der Waals surface area (Å²) in [7, 11) is 0.847.